The van der Waals surface area contributed by atoms with E-state index >= 15 is 0 Å². The zero-order valence-electron chi connectivity index (χ0n) is 10.3. The first-order valence-electron chi connectivity index (χ1n) is 5.37. The number of nitrogens with one attached hydrogen (secondary N) is 2. The van der Waals surface area contributed by atoms with Crippen LogP contribution >= 0.6 is 0 Å². The van der Waals surface area contributed by atoms with Crippen LogP contribution in [0.15, 0.2) is 0 Å². The molecule has 0 aromatic rings. The lowest BCUT2D eigenvalue weighted by Gasteiger charge is -2.18. The van der Waals surface area contributed by atoms with Gasteiger partial charge in [0.05, 0.1) is 6.61 Å². The SMILES string of the molecule is CCOC(=O)CNC(=O)NC(C(N)=O)C(C)C. The Morgan fingerprint density at radius 1 is 1.29 bits per heavy atom. The van der Waals surface area contributed by atoms with E-state index in [1.165, 1.54) is 0 Å². The lowest BCUT2D eigenvalue weighted by atomic mass is 10.0. The molecule has 0 rings (SSSR count). The number of rotatable bonds is 6. The number of hydrogen-bond acceptors (Lipinski definition) is 4. The van der Waals surface area contributed by atoms with Crippen molar-refractivity contribution in [3.8, 4) is 0 Å². The summed E-state index contributed by atoms with van der Waals surface area (Å²) < 4.78 is 4.62. The molecule has 17 heavy (non-hydrogen) atoms. The van der Waals surface area contributed by atoms with E-state index in [4.69, 9.17) is 5.73 Å². The number of primary amides is 1. The second kappa shape index (κ2) is 7.48. The van der Waals surface area contributed by atoms with Gasteiger partial charge in [0, 0.05) is 0 Å². The molecule has 1 unspecified atom stereocenters. The van der Waals surface area contributed by atoms with Crippen LogP contribution in [-0.2, 0) is 14.3 Å². The zero-order valence-corrected chi connectivity index (χ0v) is 10.3. The molecule has 0 saturated heterocycles. The largest absolute Gasteiger partial charge is 0.465 e. The smallest absolute Gasteiger partial charge is 0.325 e. The van der Waals surface area contributed by atoms with E-state index in [2.05, 4.69) is 15.4 Å². The molecule has 4 N–H and O–H groups in total. The molecule has 0 aliphatic carbocycles. The van der Waals surface area contributed by atoms with Crippen molar-refractivity contribution in [2.75, 3.05) is 13.2 Å². The van der Waals surface area contributed by atoms with Crippen LogP contribution in [0.4, 0.5) is 4.79 Å². The van der Waals surface area contributed by atoms with E-state index in [1.807, 2.05) is 0 Å². The van der Waals surface area contributed by atoms with Gasteiger partial charge in [0.25, 0.3) is 0 Å². The Labute approximate surface area is 100 Å². The average Bonchev–Trinajstić information content (AvgIpc) is 2.22. The van der Waals surface area contributed by atoms with E-state index in [9.17, 15) is 14.4 Å². The summed E-state index contributed by atoms with van der Waals surface area (Å²) in [6.07, 6.45) is 0. The Morgan fingerprint density at radius 3 is 2.29 bits per heavy atom. The average molecular weight is 245 g/mol. The van der Waals surface area contributed by atoms with Crippen LogP contribution in [0.3, 0.4) is 0 Å². The highest BCUT2D eigenvalue weighted by molar-refractivity contribution is 5.87. The molecule has 0 spiro atoms. The van der Waals surface area contributed by atoms with Crippen molar-refractivity contribution in [1.29, 1.82) is 0 Å². The Bertz CT molecular complexity index is 291. The third kappa shape index (κ3) is 6.39. The van der Waals surface area contributed by atoms with E-state index in [0.717, 1.165) is 0 Å². The molecular weight excluding hydrogens is 226 g/mol. The molecule has 7 nitrogen and oxygen atoms in total. The first-order valence-corrected chi connectivity index (χ1v) is 5.37. The third-order valence-corrected chi connectivity index (χ3v) is 1.96. The predicted molar refractivity (Wildman–Crippen MR) is 61.0 cm³/mol. The van der Waals surface area contributed by atoms with Crippen molar-refractivity contribution in [3.63, 3.8) is 0 Å². The monoisotopic (exact) mass is 245 g/mol. The van der Waals surface area contributed by atoms with Crippen molar-refractivity contribution in [3.05, 3.63) is 0 Å². The maximum Gasteiger partial charge on any atom is 0.325 e. The normalized spacial score (nSPS) is 11.8. The van der Waals surface area contributed by atoms with Gasteiger partial charge in [-0.2, -0.15) is 0 Å². The summed E-state index contributed by atoms with van der Waals surface area (Å²) >= 11 is 0. The van der Waals surface area contributed by atoms with Gasteiger partial charge in [0.15, 0.2) is 0 Å². The van der Waals surface area contributed by atoms with Crippen molar-refractivity contribution < 1.29 is 19.1 Å². The number of esters is 1. The minimum atomic E-state index is -0.766. The first-order chi connectivity index (χ1) is 7.88. The number of carbonyl (C=O) groups is 3. The van der Waals surface area contributed by atoms with Gasteiger partial charge in [0.1, 0.15) is 12.6 Å². The molecule has 0 aliphatic rings. The molecule has 0 aliphatic heterocycles. The Morgan fingerprint density at radius 2 is 1.88 bits per heavy atom. The van der Waals surface area contributed by atoms with Gasteiger partial charge < -0.3 is 21.1 Å². The molecule has 0 fully saturated rings. The quantitative estimate of drug-likeness (QED) is 0.540. The van der Waals surface area contributed by atoms with Gasteiger partial charge in [0.2, 0.25) is 5.91 Å². The van der Waals surface area contributed by atoms with E-state index in [1.54, 1.807) is 20.8 Å². The number of nitrogens with two attached hydrogens (primary N) is 1. The summed E-state index contributed by atoms with van der Waals surface area (Å²) in [5.74, 6) is -1.28. The fourth-order valence-electron chi connectivity index (χ4n) is 1.12. The minimum absolute atomic E-state index is 0.124. The molecule has 0 aromatic heterocycles. The highest BCUT2D eigenvalue weighted by Gasteiger charge is 2.21. The van der Waals surface area contributed by atoms with Crippen LogP contribution in [0.2, 0.25) is 0 Å². The van der Waals surface area contributed by atoms with Crippen LogP contribution in [0, 0.1) is 5.92 Å². The fraction of sp³-hybridized carbons (Fsp3) is 0.700. The second-order valence-electron chi connectivity index (χ2n) is 3.76. The first kappa shape index (κ1) is 15.2. The molecule has 1 atom stereocenters. The zero-order chi connectivity index (χ0) is 13.4. The highest BCUT2D eigenvalue weighted by Crippen LogP contribution is 1.99. The van der Waals surface area contributed by atoms with Crippen molar-refractivity contribution >= 4 is 17.9 Å². The fourth-order valence-corrected chi connectivity index (χ4v) is 1.12. The molecule has 0 heterocycles. The van der Waals surface area contributed by atoms with Gasteiger partial charge in [-0.25, -0.2) is 4.79 Å². The van der Waals surface area contributed by atoms with Gasteiger partial charge in [-0.3, -0.25) is 9.59 Å². The van der Waals surface area contributed by atoms with Crippen molar-refractivity contribution in [2.45, 2.75) is 26.8 Å². The number of amides is 3. The van der Waals surface area contributed by atoms with Gasteiger partial charge >= 0.3 is 12.0 Å². The summed E-state index contributed by atoms with van der Waals surface area (Å²) in [5, 5.41) is 4.66. The summed E-state index contributed by atoms with van der Waals surface area (Å²) in [6, 6.07) is -1.40. The van der Waals surface area contributed by atoms with E-state index in [-0.39, 0.29) is 19.1 Å². The molecule has 0 radical (unpaired) electrons. The van der Waals surface area contributed by atoms with Crippen LogP contribution in [0.25, 0.3) is 0 Å². The molecule has 7 heteroatoms. The van der Waals surface area contributed by atoms with E-state index < -0.39 is 23.9 Å². The molecule has 0 aromatic carbocycles. The molecule has 3 amide bonds. The third-order valence-electron chi connectivity index (χ3n) is 1.96. The summed E-state index contributed by atoms with van der Waals surface area (Å²) in [6.45, 7) is 5.17. The van der Waals surface area contributed by atoms with Gasteiger partial charge in [-0.05, 0) is 12.8 Å². The second-order valence-corrected chi connectivity index (χ2v) is 3.76. The van der Waals surface area contributed by atoms with Crippen LogP contribution in [-0.4, -0.2) is 37.1 Å². The van der Waals surface area contributed by atoms with Crippen LogP contribution < -0.4 is 16.4 Å². The standard InChI is InChI=1S/C10H19N3O4/c1-4-17-7(14)5-12-10(16)13-8(6(2)3)9(11)15/h6,8H,4-5H2,1-3H3,(H2,11,15)(H2,12,13,16). The van der Waals surface area contributed by atoms with Gasteiger partial charge in [-0.1, -0.05) is 13.8 Å². The number of hydrogen-bond donors (Lipinski definition) is 3. The lowest BCUT2D eigenvalue weighted by molar-refractivity contribution is -0.141. The summed E-state index contributed by atoms with van der Waals surface area (Å²) in [5.41, 5.74) is 5.12. The maximum absolute atomic E-state index is 11.3. The Kier molecular flexibility index (Phi) is 6.69. The van der Waals surface area contributed by atoms with Crippen LogP contribution in [0.5, 0.6) is 0 Å². The lowest BCUT2D eigenvalue weighted by Crippen LogP contribution is -2.51. The summed E-state index contributed by atoms with van der Waals surface area (Å²) in [7, 11) is 0. The molecule has 98 valence electrons. The topological polar surface area (TPSA) is 111 Å². The van der Waals surface area contributed by atoms with E-state index in [0.29, 0.717) is 0 Å². The molecule has 0 bridgehead atoms. The summed E-state index contributed by atoms with van der Waals surface area (Å²) in [4.78, 5) is 33.3. The highest BCUT2D eigenvalue weighted by atomic mass is 16.5. The van der Waals surface area contributed by atoms with Gasteiger partial charge in [-0.15, -0.1) is 0 Å². The Hall–Kier alpha value is -1.79. The Balaban J connectivity index is 4.07. The number of urea groups is 1. The number of carbonyl (C=O) groups excluding carboxylic acids is 3. The minimum Gasteiger partial charge on any atom is -0.465 e. The van der Waals surface area contributed by atoms with Crippen molar-refractivity contribution in [1.82, 2.24) is 10.6 Å². The molecule has 0 saturated carbocycles. The predicted octanol–water partition coefficient (Wildman–Crippen LogP) is -0.641. The maximum atomic E-state index is 11.3. The van der Waals surface area contributed by atoms with Crippen LogP contribution in [0.1, 0.15) is 20.8 Å². The van der Waals surface area contributed by atoms with Crippen molar-refractivity contribution in [2.24, 2.45) is 11.7 Å². The number of ether oxygens (including phenoxy) is 1. The molecular formula is C10H19N3O4.